The van der Waals surface area contributed by atoms with E-state index in [9.17, 15) is 4.39 Å². The normalized spacial score (nSPS) is 9.71. The summed E-state index contributed by atoms with van der Waals surface area (Å²) in [5, 5.41) is 11.4. The third-order valence-electron chi connectivity index (χ3n) is 2.21. The van der Waals surface area contributed by atoms with Gasteiger partial charge in [0, 0.05) is 6.20 Å². The van der Waals surface area contributed by atoms with Crippen molar-refractivity contribution in [1.82, 2.24) is 9.97 Å². The van der Waals surface area contributed by atoms with Crippen LogP contribution in [0.25, 0.3) is 0 Å². The Labute approximate surface area is 97.8 Å². The van der Waals surface area contributed by atoms with E-state index < -0.39 is 0 Å². The van der Waals surface area contributed by atoms with Gasteiger partial charge in [0.05, 0.1) is 5.69 Å². The van der Waals surface area contributed by atoms with Crippen molar-refractivity contribution in [3.63, 3.8) is 0 Å². The summed E-state index contributed by atoms with van der Waals surface area (Å²) < 4.78 is 13.7. The Morgan fingerprint density at radius 2 is 2.18 bits per heavy atom. The maximum atomic E-state index is 13.7. The van der Waals surface area contributed by atoms with Crippen LogP contribution in [0.3, 0.4) is 0 Å². The molecule has 1 N–H and O–H groups in total. The lowest BCUT2D eigenvalue weighted by atomic mass is 10.2. The fraction of sp³-hybridized carbons (Fsp3) is 0.0833. The van der Waals surface area contributed by atoms with Crippen molar-refractivity contribution < 1.29 is 4.39 Å². The summed E-state index contributed by atoms with van der Waals surface area (Å²) in [4.78, 5) is 7.82. The van der Waals surface area contributed by atoms with Gasteiger partial charge in [-0.1, -0.05) is 12.1 Å². The van der Waals surface area contributed by atoms with Crippen LogP contribution in [0, 0.1) is 24.1 Å². The van der Waals surface area contributed by atoms with Gasteiger partial charge in [0.1, 0.15) is 17.6 Å². The van der Waals surface area contributed by atoms with Crippen molar-refractivity contribution in [1.29, 1.82) is 5.26 Å². The number of rotatable bonds is 2. The molecule has 0 bridgehead atoms. The maximum absolute atomic E-state index is 13.7. The summed E-state index contributed by atoms with van der Waals surface area (Å²) >= 11 is 0. The molecule has 5 heteroatoms. The number of hydrogen-bond donors (Lipinski definition) is 1. The van der Waals surface area contributed by atoms with Gasteiger partial charge in [-0.15, -0.1) is 0 Å². The van der Waals surface area contributed by atoms with Crippen LogP contribution in [0.4, 0.5) is 16.0 Å². The largest absolute Gasteiger partial charge is 0.322 e. The number of anilines is 2. The van der Waals surface area contributed by atoms with E-state index in [0.717, 1.165) is 0 Å². The van der Waals surface area contributed by atoms with E-state index >= 15 is 0 Å². The molecule has 0 radical (unpaired) electrons. The first-order chi connectivity index (χ1) is 8.20. The summed E-state index contributed by atoms with van der Waals surface area (Å²) in [6, 6.07) is 8.37. The highest BCUT2D eigenvalue weighted by atomic mass is 19.1. The highest BCUT2D eigenvalue weighted by Crippen LogP contribution is 2.19. The van der Waals surface area contributed by atoms with E-state index in [1.807, 2.05) is 6.07 Å². The van der Waals surface area contributed by atoms with Crippen LogP contribution < -0.4 is 5.32 Å². The Morgan fingerprint density at radius 1 is 1.35 bits per heavy atom. The summed E-state index contributed by atoms with van der Waals surface area (Å²) in [5.41, 5.74) is 1.06. The van der Waals surface area contributed by atoms with Crippen LogP contribution in [0.2, 0.25) is 0 Å². The smallest absolute Gasteiger partial charge is 0.228 e. The SMILES string of the molecule is Cc1cccc(Nc2nccc(C#N)n2)c1F. The minimum atomic E-state index is -0.349. The zero-order chi connectivity index (χ0) is 12.3. The Balaban J connectivity index is 2.32. The molecular weight excluding hydrogens is 219 g/mol. The molecule has 0 aliphatic rings. The van der Waals surface area contributed by atoms with Gasteiger partial charge in [-0.3, -0.25) is 0 Å². The summed E-state index contributed by atoms with van der Waals surface area (Å²) in [7, 11) is 0. The Kier molecular flexibility index (Phi) is 2.97. The third kappa shape index (κ3) is 2.37. The lowest BCUT2D eigenvalue weighted by Gasteiger charge is -2.07. The molecule has 4 nitrogen and oxygen atoms in total. The first-order valence-corrected chi connectivity index (χ1v) is 4.96. The van der Waals surface area contributed by atoms with E-state index in [0.29, 0.717) is 11.3 Å². The molecule has 17 heavy (non-hydrogen) atoms. The van der Waals surface area contributed by atoms with Crippen LogP contribution in [-0.2, 0) is 0 Å². The molecule has 2 rings (SSSR count). The second kappa shape index (κ2) is 4.58. The highest BCUT2D eigenvalue weighted by molar-refractivity contribution is 5.55. The van der Waals surface area contributed by atoms with Gasteiger partial charge in [-0.05, 0) is 24.6 Å². The first kappa shape index (κ1) is 11.0. The Bertz CT molecular complexity index is 589. The van der Waals surface area contributed by atoms with Gasteiger partial charge < -0.3 is 5.32 Å². The predicted octanol–water partition coefficient (Wildman–Crippen LogP) is 2.54. The lowest BCUT2D eigenvalue weighted by Crippen LogP contribution is -2.00. The molecule has 1 aromatic heterocycles. The van der Waals surface area contributed by atoms with Crippen molar-refractivity contribution >= 4 is 11.6 Å². The molecule has 0 aliphatic carbocycles. The summed E-state index contributed by atoms with van der Waals surface area (Å²) in [5.74, 6) is -0.146. The van der Waals surface area contributed by atoms with Crippen molar-refractivity contribution in [3.05, 3.63) is 47.5 Å². The van der Waals surface area contributed by atoms with Crippen LogP contribution in [0.1, 0.15) is 11.3 Å². The Morgan fingerprint density at radius 3 is 2.94 bits per heavy atom. The summed E-state index contributed by atoms with van der Waals surface area (Å²) in [6.45, 7) is 1.67. The zero-order valence-electron chi connectivity index (χ0n) is 9.11. The van der Waals surface area contributed by atoms with Crippen molar-refractivity contribution in [2.75, 3.05) is 5.32 Å². The molecule has 0 saturated heterocycles. The Hall–Kier alpha value is -2.48. The van der Waals surface area contributed by atoms with E-state index in [4.69, 9.17) is 5.26 Å². The predicted molar refractivity (Wildman–Crippen MR) is 61.2 cm³/mol. The van der Waals surface area contributed by atoms with Crippen molar-refractivity contribution in [3.8, 4) is 6.07 Å². The number of nitriles is 1. The van der Waals surface area contributed by atoms with Crippen LogP contribution in [0.5, 0.6) is 0 Å². The van der Waals surface area contributed by atoms with Crippen LogP contribution in [0.15, 0.2) is 30.5 Å². The fourth-order valence-corrected chi connectivity index (χ4v) is 1.35. The lowest BCUT2D eigenvalue weighted by molar-refractivity contribution is 0.622. The zero-order valence-corrected chi connectivity index (χ0v) is 9.11. The molecular formula is C12H9FN4. The number of hydrogen-bond acceptors (Lipinski definition) is 4. The van der Waals surface area contributed by atoms with Crippen LogP contribution >= 0.6 is 0 Å². The molecule has 0 unspecified atom stereocenters. The molecule has 1 heterocycles. The fourth-order valence-electron chi connectivity index (χ4n) is 1.35. The van der Waals surface area contributed by atoms with Gasteiger partial charge in [-0.2, -0.15) is 5.26 Å². The number of aryl methyl sites for hydroxylation is 1. The van der Waals surface area contributed by atoms with E-state index in [-0.39, 0.29) is 17.5 Å². The average molecular weight is 228 g/mol. The first-order valence-electron chi connectivity index (χ1n) is 4.96. The van der Waals surface area contributed by atoms with E-state index in [1.54, 1.807) is 25.1 Å². The molecule has 0 amide bonds. The van der Waals surface area contributed by atoms with E-state index in [1.165, 1.54) is 12.3 Å². The third-order valence-corrected chi connectivity index (χ3v) is 2.21. The molecule has 0 saturated carbocycles. The number of nitrogens with one attached hydrogen (secondary N) is 1. The quantitative estimate of drug-likeness (QED) is 0.857. The van der Waals surface area contributed by atoms with Gasteiger partial charge in [0.2, 0.25) is 5.95 Å². The van der Waals surface area contributed by atoms with Crippen LogP contribution in [-0.4, -0.2) is 9.97 Å². The standard InChI is InChI=1S/C12H9FN4/c1-8-3-2-4-10(11(8)13)17-12-15-6-5-9(7-14)16-12/h2-6H,1H3,(H,15,16,17). The highest BCUT2D eigenvalue weighted by Gasteiger charge is 2.06. The second-order valence-electron chi connectivity index (χ2n) is 3.44. The number of aromatic nitrogens is 2. The molecule has 1 aromatic carbocycles. The minimum absolute atomic E-state index is 0.202. The monoisotopic (exact) mass is 228 g/mol. The van der Waals surface area contributed by atoms with Gasteiger partial charge >= 0.3 is 0 Å². The average Bonchev–Trinajstić information content (AvgIpc) is 2.35. The summed E-state index contributed by atoms with van der Waals surface area (Å²) in [6.07, 6.45) is 1.45. The topological polar surface area (TPSA) is 61.6 Å². The molecule has 0 fully saturated rings. The molecule has 84 valence electrons. The van der Waals surface area contributed by atoms with Gasteiger partial charge in [0.25, 0.3) is 0 Å². The second-order valence-corrected chi connectivity index (χ2v) is 3.44. The maximum Gasteiger partial charge on any atom is 0.228 e. The van der Waals surface area contributed by atoms with Gasteiger partial charge in [0.15, 0.2) is 0 Å². The molecule has 2 aromatic rings. The molecule has 0 spiro atoms. The molecule has 0 atom stereocenters. The number of nitrogens with zero attached hydrogens (tertiary/aromatic N) is 3. The number of halogens is 1. The molecule has 0 aliphatic heterocycles. The van der Waals surface area contributed by atoms with Gasteiger partial charge in [-0.25, -0.2) is 14.4 Å². The van der Waals surface area contributed by atoms with E-state index in [2.05, 4.69) is 15.3 Å². The minimum Gasteiger partial charge on any atom is -0.322 e. The number of benzene rings is 1. The van der Waals surface area contributed by atoms with Crippen molar-refractivity contribution in [2.24, 2.45) is 0 Å². The van der Waals surface area contributed by atoms with Crippen molar-refractivity contribution in [2.45, 2.75) is 6.92 Å².